The lowest BCUT2D eigenvalue weighted by atomic mass is 10.1. The molecule has 0 aliphatic carbocycles. The van der Waals surface area contributed by atoms with Gasteiger partial charge in [-0.1, -0.05) is 35.5 Å². The maximum absolute atomic E-state index is 4.69. The van der Waals surface area contributed by atoms with E-state index in [0.717, 1.165) is 35.7 Å². The SMILES string of the molecule is CN1CC(n2cnc(-c3ccccc3)c2-c2cnnn2C)C1. The second-order valence-corrected chi connectivity index (χ2v) is 5.83. The summed E-state index contributed by atoms with van der Waals surface area (Å²) in [6, 6.07) is 10.7. The van der Waals surface area contributed by atoms with Crippen molar-refractivity contribution in [1.82, 2.24) is 29.4 Å². The van der Waals surface area contributed by atoms with Gasteiger partial charge in [-0.25, -0.2) is 9.67 Å². The zero-order valence-electron chi connectivity index (χ0n) is 12.7. The highest BCUT2D eigenvalue weighted by atomic mass is 15.4. The van der Waals surface area contributed by atoms with Crippen LogP contribution >= 0.6 is 0 Å². The topological polar surface area (TPSA) is 51.8 Å². The fourth-order valence-corrected chi connectivity index (χ4v) is 3.04. The second-order valence-electron chi connectivity index (χ2n) is 5.83. The average molecular weight is 294 g/mol. The van der Waals surface area contributed by atoms with Gasteiger partial charge in [0.15, 0.2) is 0 Å². The van der Waals surface area contributed by atoms with E-state index in [4.69, 9.17) is 0 Å². The molecule has 6 heteroatoms. The Morgan fingerprint density at radius 3 is 2.50 bits per heavy atom. The Hall–Kier alpha value is -2.47. The maximum Gasteiger partial charge on any atom is 0.107 e. The van der Waals surface area contributed by atoms with E-state index >= 15 is 0 Å². The summed E-state index contributed by atoms with van der Waals surface area (Å²) in [5.41, 5.74) is 4.19. The minimum absolute atomic E-state index is 0.458. The van der Waals surface area contributed by atoms with E-state index < -0.39 is 0 Å². The molecule has 4 rings (SSSR count). The van der Waals surface area contributed by atoms with Crippen molar-refractivity contribution < 1.29 is 0 Å². The molecule has 0 atom stereocenters. The largest absolute Gasteiger partial charge is 0.323 e. The summed E-state index contributed by atoms with van der Waals surface area (Å²) < 4.78 is 4.07. The number of imidazole rings is 1. The summed E-state index contributed by atoms with van der Waals surface area (Å²) in [6.07, 6.45) is 3.75. The third-order valence-electron chi connectivity index (χ3n) is 4.24. The summed E-state index contributed by atoms with van der Waals surface area (Å²) in [4.78, 5) is 6.99. The third-order valence-corrected chi connectivity index (χ3v) is 4.24. The van der Waals surface area contributed by atoms with Crippen LogP contribution in [0.4, 0.5) is 0 Å². The lowest BCUT2D eigenvalue weighted by molar-refractivity contribution is 0.141. The molecule has 0 spiro atoms. The molecule has 3 aromatic rings. The molecule has 1 aliphatic rings. The van der Waals surface area contributed by atoms with E-state index in [2.05, 4.69) is 43.9 Å². The molecule has 3 heterocycles. The average Bonchev–Trinajstić information content (AvgIpc) is 3.10. The highest BCUT2D eigenvalue weighted by Gasteiger charge is 2.29. The fourth-order valence-electron chi connectivity index (χ4n) is 3.04. The molecule has 1 aliphatic heterocycles. The summed E-state index contributed by atoms with van der Waals surface area (Å²) in [5, 5.41) is 8.11. The van der Waals surface area contributed by atoms with Crippen LogP contribution in [0.5, 0.6) is 0 Å². The number of likely N-dealkylation sites (N-methyl/N-ethyl adjacent to an activating group) is 1. The van der Waals surface area contributed by atoms with Crippen LogP contribution in [0.15, 0.2) is 42.9 Å². The van der Waals surface area contributed by atoms with Crippen molar-refractivity contribution in [2.75, 3.05) is 20.1 Å². The Morgan fingerprint density at radius 2 is 1.86 bits per heavy atom. The normalized spacial score (nSPS) is 15.9. The molecular formula is C16H18N6. The molecule has 0 bridgehead atoms. The fraction of sp³-hybridized carbons (Fsp3) is 0.312. The number of likely N-dealkylation sites (tertiary alicyclic amines) is 1. The van der Waals surface area contributed by atoms with Crippen molar-refractivity contribution in [3.05, 3.63) is 42.9 Å². The van der Waals surface area contributed by atoms with Gasteiger partial charge in [0.05, 0.1) is 30.0 Å². The highest BCUT2D eigenvalue weighted by Crippen LogP contribution is 2.34. The first-order chi connectivity index (χ1) is 10.7. The van der Waals surface area contributed by atoms with Crippen LogP contribution in [0, 0.1) is 0 Å². The zero-order chi connectivity index (χ0) is 15.1. The zero-order valence-corrected chi connectivity index (χ0v) is 12.7. The van der Waals surface area contributed by atoms with E-state index in [1.165, 1.54) is 0 Å². The molecule has 112 valence electrons. The molecule has 0 radical (unpaired) electrons. The van der Waals surface area contributed by atoms with E-state index in [1.807, 2.05) is 42.5 Å². The lowest BCUT2D eigenvalue weighted by Gasteiger charge is -2.37. The summed E-state index contributed by atoms with van der Waals surface area (Å²) in [7, 11) is 4.05. The van der Waals surface area contributed by atoms with Crippen molar-refractivity contribution in [3.63, 3.8) is 0 Å². The van der Waals surface area contributed by atoms with E-state index in [9.17, 15) is 0 Å². The summed E-state index contributed by atoms with van der Waals surface area (Å²) in [6.45, 7) is 2.09. The van der Waals surface area contributed by atoms with Crippen LogP contribution in [0.1, 0.15) is 6.04 Å². The molecule has 1 fully saturated rings. The Kier molecular flexibility index (Phi) is 3.04. The molecule has 2 aromatic heterocycles. The minimum Gasteiger partial charge on any atom is -0.323 e. The molecule has 0 amide bonds. The maximum atomic E-state index is 4.69. The van der Waals surface area contributed by atoms with Gasteiger partial charge in [0.25, 0.3) is 0 Å². The number of aromatic nitrogens is 5. The first-order valence-corrected chi connectivity index (χ1v) is 7.40. The number of hydrogen-bond donors (Lipinski definition) is 0. The van der Waals surface area contributed by atoms with Gasteiger partial charge in [0.2, 0.25) is 0 Å². The molecule has 1 saturated heterocycles. The molecule has 1 aromatic carbocycles. The standard InChI is InChI=1S/C16H18N6/c1-20-9-13(10-20)22-11-17-15(12-6-4-3-5-7-12)16(22)14-8-18-19-21(14)2/h3-8,11,13H,9-10H2,1-2H3. The van der Waals surface area contributed by atoms with Crippen LogP contribution < -0.4 is 0 Å². The van der Waals surface area contributed by atoms with E-state index in [-0.39, 0.29) is 0 Å². The number of benzene rings is 1. The monoisotopic (exact) mass is 294 g/mol. The number of nitrogens with zero attached hydrogens (tertiary/aromatic N) is 6. The van der Waals surface area contributed by atoms with Gasteiger partial charge >= 0.3 is 0 Å². The Morgan fingerprint density at radius 1 is 1.09 bits per heavy atom. The minimum atomic E-state index is 0.458. The van der Waals surface area contributed by atoms with Crippen LogP contribution in [0.3, 0.4) is 0 Å². The number of rotatable bonds is 3. The van der Waals surface area contributed by atoms with Crippen LogP contribution in [0.2, 0.25) is 0 Å². The smallest absolute Gasteiger partial charge is 0.107 e. The van der Waals surface area contributed by atoms with Gasteiger partial charge < -0.3 is 9.47 Å². The molecular weight excluding hydrogens is 276 g/mol. The van der Waals surface area contributed by atoms with Crippen LogP contribution in [-0.2, 0) is 7.05 Å². The Balaban J connectivity index is 1.88. The van der Waals surface area contributed by atoms with Crippen LogP contribution in [0.25, 0.3) is 22.6 Å². The number of aryl methyl sites for hydroxylation is 1. The van der Waals surface area contributed by atoms with Crippen molar-refractivity contribution in [3.8, 4) is 22.6 Å². The first-order valence-electron chi connectivity index (χ1n) is 7.40. The van der Waals surface area contributed by atoms with Gasteiger partial charge in [-0.3, -0.25) is 0 Å². The van der Waals surface area contributed by atoms with Gasteiger partial charge in [0.1, 0.15) is 5.69 Å². The Bertz CT molecular complexity index is 782. The first kappa shape index (κ1) is 13.2. The summed E-state index contributed by atoms with van der Waals surface area (Å²) in [5.74, 6) is 0. The predicted octanol–water partition coefficient (Wildman–Crippen LogP) is 1.83. The van der Waals surface area contributed by atoms with Crippen LogP contribution in [-0.4, -0.2) is 49.6 Å². The molecule has 6 nitrogen and oxygen atoms in total. The predicted molar refractivity (Wildman–Crippen MR) is 84.2 cm³/mol. The van der Waals surface area contributed by atoms with Crippen molar-refractivity contribution in [2.45, 2.75) is 6.04 Å². The van der Waals surface area contributed by atoms with E-state index in [1.54, 1.807) is 0 Å². The number of hydrogen-bond acceptors (Lipinski definition) is 4. The van der Waals surface area contributed by atoms with Crippen molar-refractivity contribution in [2.24, 2.45) is 7.05 Å². The lowest BCUT2D eigenvalue weighted by Crippen LogP contribution is -2.44. The van der Waals surface area contributed by atoms with Gasteiger partial charge in [-0.05, 0) is 7.05 Å². The molecule has 0 saturated carbocycles. The molecule has 0 unspecified atom stereocenters. The molecule has 0 N–H and O–H groups in total. The Labute approximate surface area is 129 Å². The molecule has 22 heavy (non-hydrogen) atoms. The van der Waals surface area contributed by atoms with Crippen molar-refractivity contribution >= 4 is 0 Å². The second kappa shape index (κ2) is 5.06. The summed E-state index contributed by atoms with van der Waals surface area (Å²) >= 11 is 0. The van der Waals surface area contributed by atoms with Gasteiger partial charge in [0, 0.05) is 25.7 Å². The van der Waals surface area contributed by atoms with Gasteiger partial charge in [-0.15, -0.1) is 5.10 Å². The highest BCUT2D eigenvalue weighted by molar-refractivity contribution is 5.76. The van der Waals surface area contributed by atoms with E-state index in [0.29, 0.717) is 6.04 Å². The van der Waals surface area contributed by atoms with Gasteiger partial charge in [-0.2, -0.15) is 0 Å². The van der Waals surface area contributed by atoms with Crippen molar-refractivity contribution in [1.29, 1.82) is 0 Å². The quantitative estimate of drug-likeness (QED) is 0.739. The third kappa shape index (κ3) is 2.03.